The van der Waals surface area contributed by atoms with Crippen LogP contribution in [0, 0.1) is 20.6 Å². The molecular formula is C14H15N. The first-order chi connectivity index (χ1) is 9.60. The third-order valence-electron chi connectivity index (χ3n) is 2.29. The van der Waals surface area contributed by atoms with Crippen molar-refractivity contribution in [3.8, 4) is 11.3 Å². The van der Waals surface area contributed by atoms with Crippen molar-refractivity contribution in [3.05, 3.63) is 53.2 Å². The smallest absolute Gasteiger partial charge is 0.0708 e. The molecule has 15 heavy (non-hydrogen) atoms. The molecule has 0 saturated carbocycles. The Balaban J connectivity index is 2.73. The van der Waals surface area contributed by atoms with Crippen LogP contribution in [-0.4, -0.2) is 4.98 Å². The maximum atomic E-state index is 7.57. The van der Waals surface area contributed by atoms with Crippen molar-refractivity contribution in [3.63, 3.8) is 0 Å². The lowest BCUT2D eigenvalue weighted by molar-refractivity contribution is 1.12. The monoisotopic (exact) mass is 203 g/mol. The van der Waals surface area contributed by atoms with Crippen LogP contribution in [0.1, 0.15) is 25.0 Å². The molecule has 0 spiro atoms. The van der Waals surface area contributed by atoms with E-state index < -0.39 is 13.7 Å². The minimum atomic E-state index is -2.57. The van der Waals surface area contributed by atoms with Crippen molar-refractivity contribution in [2.75, 3.05) is 0 Å². The third kappa shape index (κ3) is 1.91. The summed E-state index contributed by atoms with van der Waals surface area (Å²) in [6.07, 6.45) is 0. The molecule has 2 rings (SSSR count). The van der Waals surface area contributed by atoms with Gasteiger partial charge in [-0.2, -0.15) is 0 Å². The predicted molar refractivity (Wildman–Crippen MR) is 63.9 cm³/mol. The molecule has 0 aliphatic carbocycles. The topological polar surface area (TPSA) is 12.9 Å². The number of rotatable bonds is 1. The van der Waals surface area contributed by atoms with Crippen LogP contribution in [-0.2, 0) is 0 Å². The molecule has 1 nitrogen and oxygen atoms in total. The molecule has 0 saturated heterocycles. The van der Waals surface area contributed by atoms with Crippen molar-refractivity contribution < 1.29 is 8.22 Å². The second kappa shape index (κ2) is 3.85. The Kier molecular flexibility index (Phi) is 1.27. The Morgan fingerprint density at radius 3 is 2.60 bits per heavy atom. The molecule has 76 valence electrons. The maximum absolute atomic E-state index is 7.57. The zero-order chi connectivity index (χ0) is 15.8. The minimum absolute atomic E-state index is 0.179. The Bertz CT molecular complexity index is 643. The summed E-state index contributed by atoms with van der Waals surface area (Å²) in [5.74, 6) is 0. The van der Waals surface area contributed by atoms with Crippen LogP contribution < -0.4 is 0 Å². The first-order valence-corrected chi connectivity index (χ1v) is 4.69. The fourth-order valence-electron chi connectivity index (χ4n) is 1.43. The molecule has 1 heteroatoms. The van der Waals surface area contributed by atoms with Crippen molar-refractivity contribution in [1.29, 1.82) is 0 Å². The SMILES string of the molecule is [2H]C([2H])([2H])c1nc(-c2ccccc2)cc(C)c1C([2H])([2H])[2H]. The number of pyridine rings is 1. The summed E-state index contributed by atoms with van der Waals surface area (Å²) in [6.45, 7) is -3.47. The van der Waals surface area contributed by atoms with Gasteiger partial charge >= 0.3 is 0 Å². The highest BCUT2D eigenvalue weighted by Crippen LogP contribution is 2.20. The van der Waals surface area contributed by atoms with Gasteiger partial charge in [-0.15, -0.1) is 0 Å². The Labute approximate surface area is 99.2 Å². The molecule has 0 bridgehead atoms. The second-order valence-electron chi connectivity index (χ2n) is 3.41. The van der Waals surface area contributed by atoms with Gasteiger partial charge in [-0.1, -0.05) is 30.3 Å². The molecule has 1 aromatic carbocycles. The van der Waals surface area contributed by atoms with Crippen molar-refractivity contribution in [2.24, 2.45) is 0 Å². The lowest BCUT2D eigenvalue weighted by Gasteiger charge is -2.07. The largest absolute Gasteiger partial charge is 0.253 e. The van der Waals surface area contributed by atoms with Crippen LogP contribution in [0.4, 0.5) is 0 Å². The zero-order valence-electron chi connectivity index (χ0n) is 14.4. The number of hydrogen-bond donors (Lipinski definition) is 0. The summed E-state index contributed by atoms with van der Waals surface area (Å²) in [4.78, 5) is 4.12. The van der Waals surface area contributed by atoms with Gasteiger partial charge in [-0.25, -0.2) is 0 Å². The Morgan fingerprint density at radius 1 is 1.13 bits per heavy atom. The first kappa shape index (κ1) is 4.93. The lowest BCUT2D eigenvalue weighted by Crippen LogP contribution is -1.93. The summed E-state index contributed by atoms with van der Waals surface area (Å²) in [6, 6.07) is 10.7. The van der Waals surface area contributed by atoms with E-state index in [-0.39, 0.29) is 11.3 Å². The summed E-state index contributed by atoms with van der Waals surface area (Å²) in [5, 5.41) is 0. The molecule has 2 aromatic rings. The van der Waals surface area contributed by atoms with Crippen LogP contribution in [0.25, 0.3) is 11.3 Å². The van der Waals surface area contributed by atoms with E-state index >= 15 is 0 Å². The molecule has 0 radical (unpaired) electrons. The molecule has 1 heterocycles. The van der Waals surface area contributed by atoms with Gasteiger partial charge in [0.1, 0.15) is 0 Å². The highest BCUT2D eigenvalue weighted by atomic mass is 14.7. The summed E-state index contributed by atoms with van der Waals surface area (Å²) in [5.41, 5.74) is 1.11. The van der Waals surface area contributed by atoms with Crippen LogP contribution in [0.5, 0.6) is 0 Å². The average molecular weight is 203 g/mol. The Morgan fingerprint density at radius 2 is 1.93 bits per heavy atom. The summed E-state index contributed by atoms with van der Waals surface area (Å²) >= 11 is 0. The lowest BCUT2D eigenvalue weighted by atomic mass is 10.0. The minimum Gasteiger partial charge on any atom is -0.253 e. The normalized spacial score (nSPS) is 17.9. The van der Waals surface area contributed by atoms with E-state index in [0.717, 1.165) is 5.56 Å². The molecule has 0 unspecified atom stereocenters. The first-order valence-electron chi connectivity index (χ1n) is 7.69. The summed E-state index contributed by atoms with van der Waals surface area (Å²) in [7, 11) is 0. The van der Waals surface area contributed by atoms with Gasteiger partial charge in [0.05, 0.1) is 5.69 Å². The van der Waals surface area contributed by atoms with Crippen LogP contribution in [0.15, 0.2) is 36.4 Å². The van der Waals surface area contributed by atoms with Crippen molar-refractivity contribution >= 4 is 0 Å². The van der Waals surface area contributed by atoms with Crippen LogP contribution in [0.2, 0.25) is 0 Å². The van der Waals surface area contributed by atoms with E-state index in [1.165, 1.54) is 0 Å². The number of benzene rings is 1. The van der Waals surface area contributed by atoms with E-state index in [0.29, 0.717) is 11.3 Å². The van der Waals surface area contributed by atoms with Crippen LogP contribution in [0.3, 0.4) is 0 Å². The van der Waals surface area contributed by atoms with Crippen molar-refractivity contribution in [2.45, 2.75) is 20.6 Å². The van der Waals surface area contributed by atoms with Gasteiger partial charge < -0.3 is 0 Å². The van der Waals surface area contributed by atoms with E-state index in [1.807, 2.05) is 18.2 Å². The number of nitrogens with zero attached hydrogens (tertiary/aromatic N) is 1. The van der Waals surface area contributed by atoms with Gasteiger partial charge in [0.25, 0.3) is 0 Å². The quantitative estimate of drug-likeness (QED) is 0.689. The van der Waals surface area contributed by atoms with E-state index in [9.17, 15) is 0 Å². The van der Waals surface area contributed by atoms with E-state index in [2.05, 4.69) is 4.98 Å². The predicted octanol–water partition coefficient (Wildman–Crippen LogP) is 3.67. The molecular weight excluding hydrogens is 182 g/mol. The Hall–Kier alpha value is -1.63. The fourth-order valence-corrected chi connectivity index (χ4v) is 1.43. The molecule has 0 aliphatic rings. The second-order valence-corrected chi connectivity index (χ2v) is 3.41. The van der Waals surface area contributed by atoms with E-state index in [1.54, 1.807) is 25.1 Å². The van der Waals surface area contributed by atoms with Gasteiger partial charge in [-0.05, 0) is 37.8 Å². The molecule has 0 aliphatic heterocycles. The average Bonchev–Trinajstić information content (AvgIpc) is 2.36. The zero-order valence-corrected chi connectivity index (χ0v) is 8.41. The van der Waals surface area contributed by atoms with E-state index in [4.69, 9.17) is 8.22 Å². The molecule has 0 amide bonds. The molecule has 0 fully saturated rings. The molecule has 0 N–H and O–H groups in total. The molecule has 1 aromatic heterocycles. The maximum Gasteiger partial charge on any atom is 0.0708 e. The number of aryl methyl sites for hydroxylation is 2. The highest BCUT2D eigenvalue weighted by Gasteiger charge is 2.03. The third-order valence-corrected chi connectivity index (χ3v) is 2.29. The fraction of sp³-hybridized carbons (Fsp3) is 0.214. The van der Waals surface area contributed by atoms with Crippen molar-refractivity contribution in [1.82, 2.24) is 4.98 Å². The molecule has 0 atom stereocenters. The summed E-state index contributed by atoms with van der Waals surface area (Å²) < 4.78 is 45.4. The number of aromatic nitrogens is 1. The van der Waals surface area contributed by atoms with Gasteiger partial charge in [0.15, 0.2) is 0 Å². The van der Waals surface area contributed by atoms with Crippen LogP contribution >= 0.6 is 0 Å². The van der Waals surface area contributed by atoms with Gasteiger partial charge in [0.2, 0.25) is 0 Å². The highest BCUT2D eigenvalue weighted by molar-refractivity contribution is 5.60. The van der Waals surface area contributed by atoms with Gasteiger partial charge in [-0.3, -0.25) is 4.98 Å². The number of hydrogen-bond acceptors (Lipinski definition) is 1. The standard InChI is InChI=1S/C14H15N/c1-10-9-14(15-12(3)11(10)2)13-7-5-4-6-8-13/h4-9H,1-3H3/i2D3,3D3. The van der Waals surface area contributed by atoms with Gasteiger partial charge in [0, 0.05) is 19.5 Å².